The molecule has 0 N–H and O–H groups in total. The lowest BCUT2D eigenvalue weighted by Gasteiger charge is -2.21. The smallest absolute Gasteiger partial charge is 0.0415 e. The molecule has 1 aromatic heterocycles. The summed E-state index contributed by atoms with van der Waals surface area (Å²) in [6.07, 6.45) is 2.95. The molecule has 0 saturated carbocycles. The molecule has 0 bridgehead atoms. The number of hydrogen-bond acceptors (Lipinski definition) is 1. The molecule has 0 aromatic carbocycles. The van der Waals surface area contributed by atoms with Crippen LogP contribution in [-0.4, -0.2) is 9.81 Å². The van der Waals surface area contributed by atoms with Gasteiger partial charge in [-0.05, 0) is 30.4 Å². The zero-order chi connectivity index (χ0) is 11.4. The third kappa shape index (κ3) is 3.94. The van der Waals surface area contributed by atoms with Crippen molar-refractivity contribution in [3.63, 3.8) is 0 Å². The number of aryl methyl sites for hydroxylation is 1. The van der Waals surface area contributed by atoms with Gasteiger partial charge in [0.15, 0.2) is 0 Å². The van der Waals surface area contributed by atoms with Crippen molar-refractivity contribution in [2.24, 2.45) is 11.8 Å². The molecule has 15 heavy (non-hydrogen) atoms. The zero-order valence-electron chi connectivity index (χ0n) is 10.00. The van der Waals surface area contributed by atoms with Gasteiger partial charge in [-0.3, -0.25) is 4.98 Å². The van der Waals surface area contributed by atoms with Crippen LogP contribution in [-0.2, 0) is 6.42 Å². The van der Waals surface area contributed by atoms with Gasteiger partial charge in [0.2, 0.25) is 0 Å². The molecule has 1 nitrogen and oxygen atoms in total. The van der Waals surface area contributed by atoms with Crippen molar-refractivity contribution < 1.29 is 0 Å². The van der Waals surface area contributed by atoms with Crippen molar-refractivity contribution in [3.05, 3.63) is 29.6 Å². The molecule has 84 valence electrons. The lowest BCUT2D eigenvalue weighted by molar-refractivity contribution is 0.406. The Hall–Kier alpha value is -0.370. The van der Waals surface area contributed by atoms with E-state index in [1.165, 1.54) is 11.3 Å². The van der Waals surface area contributed by atoms with Crippen LogP contribution in [0.2, 0.25) is 0 Å². The Morgan fingerprint density at radius 2 is 1.93 bits per heavy atom. The first kappa shape index (κ1) is 12.7. The second-order valence-electron chi connectivity index (χ2n) is 4.65. The van der Waals surface area contributed by atoms with Gasteiger partial charge < -0.3 is 0 Å². The molecule has 2 unspecified atom stereocenters. The van der Waals surface area contributed by atoms with E-state index in [0.29, 0.717) is 16.7 Å². The Bertz CT molecular complexity index is 292. The number of halogens is 1. The topological polar surface area (TPSA) is 12.9 Å². The highest BCUT2D eigenvalue weighted by Gasteiger charge is 2.17. The third-order valence-corrected chi connectivity index (χ3v) is 4.16. The van der Waals surface area contributed by atoms with Gasteiger partial charge in [0.05, 0.1) is 0 Å². The standard InChI is InChI=1S/C13H20BrN/c1-9(2)11(4)13(14)7-12-6-5-10(3)8-15-12/h5-6,8-9,11,13H,7H2,1-4H3. The first-order chi connectivity index (χ1) is 7.00. The summed E-state index contributed by atoms with van der Waals surface area (Å²) in [5.74, 6) is 1.38. The maximum atomic E-state index is 4.43. The highest BCUT2D eigenvalue weighted by atomic mass is 79.9. The predicted octanol–water partition coefficient (Wildman–Crippen LogP) is 3.99. The van der Waals surface area contributed by atoms with Crippen LogP contribution < -0.4 is 0 Å². The van der Waals surface area contributed by atoms with Crippen LogP contribution >= 0.6 is 15.9 Å². The van der Waals surface area contributed by atoms with Gasteiger partial charge in [-0.15, -0.1) is 0 Å². The maximum absolute atomic E-state index is 4.43. The number of aromatic nitrogens is 1. The van der Waals surface area contributed by atoms with Crippen molar-refractivity contribution in [1.82, 2.24) is 4.98 Å². The molecule has 0 aliphatic rings. The fraction of sp³-hybridized carbons (Fsp3) is 0.615. The van der Waals surface area contributed by atoms with Gasteiger partial charge in [0.1, 0.15) is 0 Å². The van der Waals surface area contributed by atoms with Gasteiger partial charge in [-0.1, -0.05) is 42.8 Å². The number of nitrogens with zero attached hydrogens (tertiary/aromatic N) is 1. The molecular formula is C13H20BrN. The monoisotopic (exact) mass is 269 g/mol. The summed E-state index contributed by atoms with van der Waals surface area (Å²) in [6.45, 7) is 8.89. The fourth-order valence-electron chi connectivity index (χ4n) is 1.42. The number of pyridine rings is 1. The van der Waals surface area contributed by atoms with E-state index in [0.717, 1.165) is 6.42 Å². The van der Waals surface area contributed by atoms with Crippen molar-refractivity contribution in [2.75, 3.05) is 0 Å². The SMILES string of the molecule is Cc1ccc(CC(Br)C(C)C(C)C)nc1. The van der Waals surface area contributed by atoms with E-state index in [-0.39, 0.29) is 0 Å². The molecule has 2 atom stereocenters. The molecule has 0 aliphatic carbocycles. The first-order valence-electron chi connectivity index (χ1n) is 5.56. The predicted molar refractivity (Wildman–Crippen MR) is 69.4 cm³/mol. The number of hydrogen-bond donors (Lipinski definition) is 0. The molecule has 1 heterocycles. The largest absolute Gasteiger partial charge is 0.261 e. The van der Waals surface area contributed by atoms with E-state index in [4.69, 9.17) is 0 Å². The van der Waals surface area contributed by atoms with Crippen LogP contribution in [0.1, 0.15) is 32.0 Å². The normalized spacial score (nSPS) is 15.3. The van der Waals surface area contributed by atoms with Crippen LogP contribution in [0.4, 0.5) is 0 Å². The van der Waals surface area contributed by atoms with Crippen molar-refractivity contribution in [3.8, 4) is 0 Å². The first-order valence-corrected chi connectivity index (χ1v) is 6.48. The molecule has 0 spiro atoms. The average molecular weight is 270 g/mol. The molecule has 0 fully saturated rings. The lowest BCUT2D eigenvalue weighted by Crippen LogP contribution is -2.19. The number of alkyl halides is 1. The van der Waals surface area contributed by atoms with Gasteiger partial charge in [0, 0.05) is 23.1 Å². The second kappa shape index (κ2) is 5.64. The third-order valence-electron chi connectivity index (χ3n) is 3.00. The second-order valence-corrected chi connectivity index (χ2v) is 5.83. The van der Waals surface area contributed by atoms with Gasteiger partial charge in [-0.25, -0.2) is 0 Å². The molecular weight excluding hydrogens is 250 g/mol. The van der Waals surface area contributed by atoms with Gasteiger partial charge >= 0.3 is 0 Å². The minimum absolute atomic E-state index is 0.521. The quantitative estimate of drug-likeness (QED) is 0.754. The Balaban J connectivity index is 2.58. The van der Waals surface area contributed by atoms with E-state index < -0.39 is 0 Å². The minimum Gasteiger partial charge on any atom is -0.261 e. The van der Waals surface area contributed by atoms with E-state index in [2.05, 4.69) is 60.7 Å². The van der Waals surface area contributed by atoms with E-state index in [1.54, 1.807) is 0 Å². The van der Waals surface area contributed by atoms with Crippen molar-refractivity contribution >= 4 is 15.9 Å². The Kier molecular flexibility index (Phi) is 4.78. The van der Waals surface area contributed by atoms with Crippen LogP contribution in [0.15, 0.2) is 18.3 Å². The molecule has 1 rings (SSSR count). The summed E-state index contributed by atoms with van der Waals surface area (Å²) >= 11 is 3.76. The van der Waals surface area contributed by atoms with Crippen molar-refractivity contribution in [1.29, 1.82) is 0 Å². The molecule has 0 radical (unpaired) electrons. The zero-order valence-corrected chi connectivity index (χ0v) is 11.6. The lowest BCUT2D eigenvalue weighted by atomic mass is 9.92. The summed E-state index contributed by atoms with van der Waals surface area (Å²) in [6, 6.07) is 4.25. The van der Waals surface area contributed by atoms with Crippen molar-refractivity contribution in [2.45, 2.75) is 38.9 Å². The van der Waals surface area contributed by atoms with Gasteiger partial charge in [0.25, 0.3) is 0 Å². The summed E-state index contributed by atoms with van der Waals surface area (Å²) in [5, 5.41) is 0. The molecule has 0 amide bonds. The number of rotatable bonds is 4. The van der Waals surface area contributed by atoms with Crippen LogP contribution in [0.5, 0.6) is 0 Å². The molecule has 0 saturated heterocycles. The van der Waals surface area contributed by atoms with Gasteiger partial charge in [-0.2, -0.15) is 0 Å². The summed E-state index contributed by atoms with van der Waals surface area (Å²) < 4.78 is 0. The van der Waals surface area contributed by atoms with E-state index in [9.17, 15) is 0 Å². The Morgan fingerprint density at radius 1 is 1.27 bits per heavy atom. The van der Waals surface area contributed by atoms with Crippen LogP contribution in [0, 0.1) is 18.8 Å². The maximum Gasteiger partial charge on any atom is 0.0415 e. The molecule has 0 aliphatic heterocycles. The van der Waals surface area contributed by atoms with E-state index in [1.807, 2.05) is 6.20 Å². The van der Waals surface area contributed by atoms with E-state index >= 15 is 0 Å². The minimum atomic E-state index is 0.521. The van der Waals surface area contributed by atoms with Crippen LogP contribution in [0.3, 0.4) is 0 Å². The molecule has 2 heteroatoms. The molecule has 1 aromatic rings. The van der Waals surface area contributed by atoms with Crippen LogP contribution in [0.25, 0.3) is 0 Å². The Morgan fingerprint density at radius 3 is 2.40 bits per heavy atom. The highest BCUT2D eigenvalue weighted by Crippen LogP contribution is 2.23. The fourth-order valence-corrected chi connectivity index (χ4v) is 2.36. The summed E-state index contributed by atoms with van der Waals surface area (Å²) in [5.41, 5.74) is 2.40. The summed E-state index contributed by atoms with van der Waals surface area (Å²) in [4.78, 5) is 4.95. The average Bonchev–Trinajstić information content (AvgIpc) is 2.20. The summed E-state index contributed by atoms with van der Waals surface area (Å²) in [7, 11) is 0. The highest BCUT2D eigenvalue weighted by molar-refractivity contribution is 9.09. The Labute approximate surface area is 101 Å².